The fourth-order valence-electron chi connectivity index (χ4n) is 11.0. The fraction of sp³-hybridized carbons (Fsp3) is 0. The van der Waals surface area contributed by atoms with Gasteiger partial charge in [0, 0.05) is 65.5 Å². The molecule has 5 nitrogen and oxygen atoms in total. The smallest absolute Gasteiger partial charge is 0.145 e. The Balaban J connectivity index is 0.873. The molecule has 0 aliphatic heterocycles. The average molecular weight is 830 g/mol. The predicted molar refractivity (Wildman–Crippen MR) is 269 cm³/mol. The molecule has 0 spiro atoms. The number of rotatable bonds is 4. The minimum Gasteiger partial charge on any atom is -0.456 e. The second-order valence-corrected chi connectivity index (χ2v) is 17.3. The van der Waals surface area contributed by atoms with Crippen LogP contribution in [0.2, 0.25) is 0 Å². The van der Waals surface area contributed by atoms with Gasteiger partial charge in [-0.15, -0.1) is 0 Å². The summed E-state index contributed by atoms with van der Waals surface area (Å²) in [4.78, 5) is 0. The molecule has 0 amide bonds. The van der Waals surface area contributed by atoms with Crippen LogP contribution in [-0.4, -0.2) is 13.7 Å². The Hall–Kier alpha value is -8.80. The number of para-hydroxylation sites is 5. The fourth-order valence-corrected chi connectivity index (χ4v) is 11.0. The highest BCUT2D eigenvalue weighted by Gasteiger charge is 2.21. The maximum atomic E-state index is 6.87. The van der Waals surface area contributed by atoms with E-state index in [0.29, 0.717) is 0 Å². The van der Waals surface area contributed by atoms with Crippen LogP contribution >= 0.6 is 0 Å². The molecule has 0 saturated heterocycles. The predicted octanol–water partition coefficient (Wildman–Crippen LogP) is 16.4. The van der Waals surface area contributed by atoms with E-state index in [1.165, 1.54) is 43.6 Å². The Bertz CT molecular complexity index is 4390. The van der Waals surface area contributed by atoms with Crippen molar-refractivity contribution in [2.75, 3.05) is 0 Å². The van der Waals surface area contributed by atoms with Gasteiger partial charge in [0.15, 0.2) is 0 Å². The molecule has 65 heavy (non-hydrogen) atoms. The Kier molecular flexibility index (Phi) is 6.89. The number of hydrogen-bond acceptors (Lipinski definition) is 2. The van der Waals surface area contributed by atoms with Gasteiger partial charge in [-0.25, -0.2) is 0 Å². The maximum Gasteiger partial charge on any atom is 0.145 e. The Labute approximate surface area is 370 Å². The van der Waals surface area contributed by atoms with E-state index in [-0.39, 0.29) is 0 Å². The average Bonchev–Trinajstić information content (AvgIpc) is 4.17. The molecule has 0 aliphatic carbocycles. The Morgan fingerprint density at radius 2 is 0.677 bits per heavy atom. The van der Waals surface area contributed by atoms with E-state index in [1.54, 1.807) is 0 Å². The first-order chi connectivity index (χ1) is 32.2. The van der Waals surface area contributed by atoms with Crippen LogP contribution in [-0.2, 0) is 0 Å². The number of aromatic nitrogens is 3. The molecule has 10 aromatic carbocycles. The summed E-state index contributed by atoms with van der Waals surface area (Å²) < 4.78 is 20.5. The third-order valence-corrected chi connectivity index (χ3v) is 13.8. The molecule has 302 valence electrons. The topological polar surface area (TPSA) is 41.1 Å². The molecule has 15 rings (SSSR count). The molecular weight excluding hydrogens is 795 g/mol. The monoisotopic (exact) mass is 829 g/mol. The highest BCUT2D eigenvalue weighted by Crippen LogP contribution is 2.43. The van der Waals surface area contributed by atoms with Gasteiger partial charge >= 0.3 is 0 Å². The standard InChI is InChI=1S/C60H35N3O2/c1-6-19-50-41(14-1)42-15-2-7-20-51(42)61(50)39-26-31-58-48(34-39)45-27-28-55-59(60(45)65-58)46-18-5-10-23-54(46)63(55)38-13-11-12-36(32-38)37-24-29-56-47(33-37)49-35-40(25-30-57(49)64-56)62-52-21-8-3-16-43(52)44-17-4-9-22-53(44)62/h1-35H. The highest BCUT2D eigenvalue weighted by atomic mass is 16.3. The van der Waals surface area contributed by atoms with Gasteiger partial charge in [0.05, 0.1) is 38.5 Å². The van der Waals surface area contributed by atoms with Crippen LogP contribution in [0.15, 0.2) is 221 Å². The molecule has 0 radical (unpaired) electrons. The van der Waals surface area contributed by atoms with Crippen LogP contribution < -0.4 is 0 Å². The number of fused-ring (bicyclic) bond motifs is 16. The first kappa shape index (κ1) is 34.7. The largest absolute Gasteiger partial charge is 0.456 e. The number of nitrogens with zero attached hydrogens (tertiary/aromatic N) is 3. The lowest BCUT2D eigenvalue weighted by Crippen LogP contribution is -1.94. The molecule has 0 atom stereocenters. The van der Waals surface area contributed by atoms with Crippen molar-refractivity contribution in [3.05, 3.63) is 212 Å². The van der Waals surface area contributed by atoms with Crippen molar-refractivity contribution < 1.29 is 8.83 Å². The van der Waals surface area contributed by atoms with Crippen LogP contribution in [0.25, 0.3) is 137 Å². The zero-order valence-corrected chi connectivity index (χ0v) is 34.9. The van der Waals surface area contributed by atoms with E-state index in [2.05, 4.69) is 226 Å². The molecule has 5 heteroatoms. The number of benzene rings is 10. The molecule has 0 N–H and O–H groups in total. The van der Waals surface area contributed by atoms with Gasteiger partial charge < -0.3 is 22.5 Å². The van der Waals surface area contributed by atoms with Crippen LogP contribution in [0.4, 0.5) is 0 Å². The summed E-state index contributed by atoms with van der Waals surface area (Å²) in [5.41, 5.74) is 16.1. The summed E-state index contributed by atoms with van der Waals surface area (Å²) in [7, 11) is 0. The van der Waals surface area contributed by atoms with Gasteiger partial charge in [0.25, 0.3) is 0 Å². The van der Waals surface area contributed by atoms with Gasteiger partial charge in [-0.2, -0.15) is 0 Å². The first-order valence-electron chi connectivity index (χ1n) is 22.2. The van der Waals surface area contributed by atoms with E-state index < -0.39 is 0 Å². The van der Waals surface area contributed by atoms with E-state index in [9.17, 15) is 0 Å². The highest BCUT2D eigenvalue weighted by molar-refractivity contribution is 6.24. The SMILES string of the molecule is c1cc(-c2ccc3oc4ccc(-n5c6ccccc6c6ccccc65)cc4c3c2)cc(-n2c3ccccc3c3c4oc5ccc(-n6c7ccccc7c7ccccc76)cc5c4ccc32)c1. The molecule has 0 unspecified atom stereocenters. The van der Waals surface area contributed by atoms with Gasteiger partial charge in [-0.05, 0) is 114 Å². The summed E-state index contributed by atoms with van der Waals surface area (Å²) in [6.45, 7) is 0. The second kappa shape index (κ2) is 12.9. The quantitative estimate of drug-likeness (QED) is 0.177. The minimum atomic E-state index is 0.874. The van der Waals surface area contributed by atoms with Crippen molar-refractivity contribution in [1.82, 2.24) is 13.7 Å². The summed E-state index contributed by atoms with van der Waals surface area (Å²) >= 11 is 0. The Morgan fingerprint density at radius 3 is 1.26 bits per heavy atom. The van der Waals surface area contributed by atoms with Gasteiger partial charge in [-0.3, -0.25) is 0 Å². The van der Waals surface area contributed by atoms with Gasteiger partial charge in [0.2, 0.25) is 0 Å². The van der Waals surface area contributed by atoms with Crippen LogP contribution in [0.3, 0.4) is 0 Å². The van der Waals surface area contributed by atoms with Crippen molar-refractivity contribution in [3.8, 4) is 28.2 Å². The summed E-state index contributed by atoms with van der Waals surface area (Å²) in [5.74, 6) is 0. The molecule has 0 fully saturated rings. The van der Waals surface area contributed by atoms with Crippen LogP contribution in [0.5, 0.6) is 0 Å². The van der Waals surface area contributed by atoms with Gasteiger partial charge in [-0.1, -0.05) is 109 Å². The van der Waals surface area contributed by atoms with E-state index in [1.807, 2.05) is 0 Å². The van der Waals surface area contributed by atoms with Gasteiger partial charge in [0.1, 0.15) is 22.3 Å². The third-order valence-electron chi connectivity index (χ3n) is 13.8. The summed E-state index contributed by atoms with van der Waals surface area (Å²) in [6, 6.07) is 76.5. The zero-order chi connectivity index (χ0) is 42.3. The molecule has 0 aliphatic rings. The Morgan fingerprint density at radius 1 is 0.246 bits per heavy atom. The van der Waals surface area contributed by atoms with E-state index in [0.717, 1.165) is 93.9 Å². The minimum absolute atomic E-state index is 0.874. The summed E-state index contributed by atoms with van der Waals surface area (Å²) in [6.07, 6.45) is 0. The lowest BCUT2D eigenvalue weighted by molar-refractivity contribution is 0.669. The van der Waals surface area contributed by atoms with Crippen molar-refractivity contribution in [2.24, 2.45) is 0 Å². The normalized spacial score (nSPS) is 12.3. The lowest BCUT2D eigenvalue weighted by atomic mass is 10.0. The molecule has 0 saturated carbocycles. The molecule has 0 bridgehead atoms. The van der Waals surface area contributed by atoms with Crippen molar-refractivity contribution in [2.45, 2.75) is 0 Å². The number of furan rings is 2. The van der Waals surface area contributed by atoms with Crippen LogP contribution in [0.1, 0.15) is 0 Å². The lowest BCUT2D eigenvalue weighted by Gasteiger charge is -2.11. The van der Waals surface area contributed by atoms with Crippen molar-refractivity contribution >= 4 is 109 Å². The van der Waals surface area contributed by atoms with E-state index >= 15 is 0 Å². The van der Waals surface area contributed by atoms with E-state index in [4.69, 9.17) is 8.83 Å². The first-order valence-corrected chi connectivity index (χ1v) is 22.2. The third kappa shape index (κ3) is 4.81. The maximum absolute atomic E-state index is 6.87. The summed E-state index contributed by atoms with van der Waals surface area (Å²) in [5, 5.41) is 11.7. The number of hydrogen-bond donors (Lipinski definition) is 0. The van der Waals surface area contributed by atoms with Crippen molar-refractivity contribution in [3.63, 3.8) is 0 Å². The molecule has 5 aromatic heterocycles. The molecule has 15 aromatic rings. The zero-order valence-electron chi connectivity index (χ0n) is 34.9. The molecular formula is C60H35N3O2. The molecule has 5 heterocycles. The van der Waals surface area contributed by atoms with Crippen LogP contribution in [0, 0.1) is 0 Å². The van der Waals surface area contributed by atoms with Crippen molar-refractivity contribution in [1.29, 1.82) is 0 Å². The second-order valence-electron chi connectivity index (χ2n) is 17.3.